The van der Waals surface area contributed by atoms with E-state index in [1.54, 1.807) is 25.2 Å². The molecule has 0 saturated carbocycles. The van der Waals surface area contributed by atoms with E-state index >= 15 is 0 Å². The zero-order chi connectivity index (χ0) is 15.6. The number of aromatic nitrogens is 3. The molecule has 2 aromatic rings. The van der Waals surface area contributed by atoms with Gasteiger partial charge in [-0.1, -0.05) is 29.3 Å². The molecule has 7 heteroatoms. The number of carbonyl (C=O) groups excluding carboxylic acids is 1. The molecule has 0 atom stereocenters. The van der Waals surface area contributed by atoms with Gasteiger partial charge in [-0.3, -0.25) is 4.79 Å². The summed E-state index contributed by atoms with van der Waals surface area (Å²) in [6.07, 6.45) is 1.88. The molecule has 0 aliphatic rings. The Hall–Kier alpha value is -1.85. The van der Waals surface area contributed by atoms with Crippen molar-refractivity contribution in [3.8, 4) is 5.69 Å². The first-order chi connectivity index (χ1) is 9.97. The fourth-order valence-corrected chi connectivity index (χ4v) is 1.96. The first-order valence-electron chi connectivity index (χ1n) is 6.25. The van der Waals surface area contributed by atoms with Crippen LogP contribution >= 0.6 is 23.2 Å². The molecule has 0 saturated heterocycles. The van der Waals surface area contributed by atoms with Crippen LogP contribution in [0.5, 0.6) is 0 Å². The van der Waals surface area contributed by atoms with E-state index in [0.29, 0.717) is 21.6 Å². The normalized spacial score (nSPS) is 11.6. The number of rotatable bonds is 3. The first-order valence-corrected chi connectivity index (χ1v) is 7.01. The topological polar surface area (TPSA) is 59.8 Å². The summed E-state index contributed by atoms with van der Waals surface area (Å²) in [6, 6.07) is 5.01. The van der Waals surface area contributed by atoms with Gasteiger partial charge in [-0.2, -0.15) is 0 Å². The Morgan fingerprint density at radius 1 is 1.33 bits per heavy atom. The molecular formula is C14H14Cl2N4O. The molecule has 0 aliphatic carbocycles. The lowest BCUT2D eigenvalue weighted by molar-refractivity contribution is 0.0950. The van der Waals surface area contributed by atoms with Crippen molar-refractivity contribution in [3.63, 3.8) is 0 Å². The number of allylic oxidation sites excluding steroid dienone is 2. The standard InChI is InChI=1S/C14H14Cl2N4O/c1-4-8(2)12-18-13(14(21)17-3)20(19-12)9-5-6-10(15)11(16)7-9/h4-7H,1-3H3,(H,17,21)/b8-4+. The van der Waals surface area contributed by atoms with Gasteiger partial charge in [0.2, 0.25) is 5.82 Å². The van der Waals surface area contributed by atoms with Crippen LogP contribution in [0.2, 0.25) is 10.0 Å². The second-order valence-corrected chi connectivity index (χ2v) is 5.13. The zero-order valence-electron chi connectivity index (χ0n) is 11.8. The third-order valence-electron chi connectivity index (χ3n) is 2.97. The van der Waals surface area contributed by atoms with Crippen LogP contribution in [0.3, 0.4) is 0 Å². The third-order valence-corrected chi connectivity index (χ3v) is 3.71. The zero-order valence-corrected chi connectivity index (χ0v) is 13.3. The highest BCUT2D eigenvalue weighted by Gasteiger charge is 2.18. The highest BCUT2D eigenvalue weighted by atomic mass is 35.5. The van der Waals surface area contributed by atoms with Crippen molar-refractivity contribution in [3.05, 3.63) is 46.0 Å². The van der Waals surface area contributed by atoms with Crippen LogP contribution in [0, 0.1) is 0 Å². The fraction of sp³-hybridized carbons (Fsp3) is 0.214. The highest BCUT2D eigenvalue weighted by molar-refractivity contribution is 6.42. The summed E-state index contributed by atoms with van der Waals surface area (Å²) in [5.74, 6) is 0.345. The second kappa shape index (κ2) is 6.28. The summed E-state index contributed by atoms with van der Waals surface area (Å²) < 4.78 is 1.45. The molecule has 110 valence electrons. The van der Waals surface area contributed by atoms with Crippen molar-refractivity contribution in [2.75, 3.05) is 7.05 Å². The average Bonchev–Trinajstić information content (AvgIpc) is 2.93. The summed E-state index contributed by atoms with van der Waals surface area (Å²) in [5.41, 5.74) is 1.49. The molecule has 5 nitrogen and oxygen atoms in total. The number of amides is 1. The number of carbonyl (C=O) groups is 1. The van der Waals surface area contributed by atoms with Gasteiger partial charge < -0.3 is 5.32 Å². The van der Waals surface area contributed by atoms with E-state index in [0.717, 1.165) is 5.57 Å². The number of hydrogen-bond acceptors (Lipinski definition) is 3. The Bertz CT molecular complexity index is 722. The predicted molar refractivity (Wildman–Crippen MR) is 84.1 cm³/mol. The number of hydrogen-bond donors (Lipinski definition) is 1. The van der Waals surface area contributed by atoms with E-state index in [4.69, 9.17) is 23.2 Å². The quantitative estimate of drug-likeness (QED) is 0.941. The molecule has 1 heterocycles. The fourth-order valence-electron chi connectivity index (χ4n) is 1.66. The van der Waals surface area contributed by atoms with Gasteiger partial charge in [-0.05, 0) is 37.6 Å². The molecular weight excluding hydrogens is 311 g/mol. The molecule has 1 aromatic heterocycles. The van der Waals surface area contributed by atoms with E-state index in [-0.39, 0.29) is 11.7 Å². The molecule has 1 N–H and O–H groups in total. The monoisotopic (exact) mass is 324 g/mol. The van der Waals surface area contributed by atoms with Gasteiger partial charge in [0.05, 0.1) is 15.7 Å². The van der Waals surface area contributed by atoms with Crippen molar-refractivity contribution in [1.82, 2.24) is 20.1 Å². The van der Waals surface area contributed by atoms with Crippen LogP contribution in [-0.2, 0) is 0 Å². The Kier molecular flexibility index (Phi) is 4.65. The lowest BCUT2D eigenvalue weighted by Crippen LogP contribution is -2.22. The first kappa shape index (κ1) is 15.5. The minimum absolute atomic E-state index is 0.187. The van der Waals surface area contributed by atoms with E-state index in [9.17, 15) is 4.79 Å². The predicted octanol–water partition coefficient (Wildman–Crippen LogP) is 3.36. The summed E-state index contributed by atoms with van der Waals surface area (Å²) >= 11 is 11.9. The van der Waals surface area contributed by atoms with Gasteiger partial charge in [-0.25, -0.2) is 9.67 Å². The van der Waals surface area contributed by atoms with Crippen molar-refractivity contribution in [1.29, 1.82) is 0 Å². The summed E-state index contributed by atoms with van der Waals surface area (Å²) in [6.45, 7) is 3.76. The third kappa shape index (κ3) is 3.09. The molecule has 0 spiro atoms. The molecule has 1 aromatic carbocycles. The van der Waals surface area contributed by atoms with Crippen LogP contribution < -0.4 is 5.32 Å². The van der Waals surface area contributed by atoms with Crippen LogP contribution in [0.1, 0.15) is 30.3 Å². The number of halogens is 2. The number of nitrogens with zero attached hydrogens (tertiary/aromatic N) is 3. The van der Waals surface area contributed by atoms with Gasteiger partial charge in [0.25, 0.3) is 5.91 Å². The maximum atomic E-state index is 12.0. The van der Waals surface area contributed by atoms with E-state index in [2.05, 4.69) is 15.4 Å². The molecule has 0 fully saturated rings. The van der Waals surface area contributed by atoms with Crippen molar-refractivity contribution in [2.24, 2.45) is 0 Å². The Labute approximate surface area is 132 Å². The Morgan fingerprint density at radius 2 is 2.05 bits per heavy atom. The Morgan fingerprint density at radius 3 is 2.62 bits per heavy atom. The van der Waals surface area contributed by atoms with Crippen molar-refractivity contribution >= 4 is 34.7 Å². The molecule has 0 radical (unpaired) electrons. The van der Waals surface area contributed by atoms with E-state index in [1.807, 2.05) is 19.9 Å². The minimum atomic E-state index is -0.330. The van der Waals surface area contributed by atoms with Crippen LogP contribution in [0.15, 0.2) is 24.3 Å². The van der Waals surface area contributed by atoms with Gasteiger partial charge >= 0.3 is 0 Å². The second-order valence-electron chi connectivity index (χ2n) is 4.32. The van der Waals surface area contributed by atoms with Crippen LogP contribution in [0.25, 0.3) is 11.3 Å². The largest absolute Gasteiger partial charge is 0.352 e. The molecule has 1 amide bonds. The lowest BCUT2D eigenvalue weighted by Gasteiger charge is -2.05. The van der Waals surface area contributed by atoms with Crippen molar-refractivity contribution < 1.29 is 4.79 Å². The maximum Gasteiger partial charge on any atom is 0.288 e. The number of benzene rings is 1. The lowest BCUT2D eigenvalue weighted by atomic mass is 10.3. The van der Waals surface area contributed by atoms with Gasteiger partial charge in [0.1, 0.15) is 0 Å². The van der Waals surface area contributed by atoms with Crippen LogP contribution in [0.4, 0.5) is 0 Å². The van der Waals surface area contributed by atoms with E-state index in [1.165, 1.54) is 4.68 Å². The molecule has 0 aliphatic heterocycles. The average molecular weight is 325 g/mol. The van der Waals surface area contributed by atoms with Gasteiger partial charge in [-0.15, -0.1) is 5.10 Å². The summed E-state index contributed by atoms with van der Waals surface area (Å²) in [4.78, 5) is 16.2. The number of nitrogens with one attached hydrogen (secondary N) is 1. The Balaban J connectivity index is 2.62. The maximum absolute atomic E-state index is 12.0. The SMILES string of the molecule is C/C=C(\C)c1nc(C(=O)NC)n(-c2ccc(Cl)c(Cl)c2)n1. The summed E-state index contributed by atoms with van der Waals surface area (Å²) in [7, 11) is 1.54. The molecule has 0 unspecified atom stereocenters. The smallest absolute Gasteiger partial charge is 0.288 e. The molecule has 2 rings (SSSR count). The highest BCUT2D eigenvalue weighted by Crippen LogP contribution is 2.25. The molecule has 21 heavy (non-hydrogen) atoms. The van der Waals surface area contributed by atoms with Crippen LogP contribution in [-0.4, -0.2) is 27.7 Å². The molecule has 0 bridgehead atoms. The van der Waals surface area contributed by atoms with Gasteiger partial charge in [0, 0.05) is 7.05 Å². The summed E-state index contributed by atoms with van der Waals surface area (Å²) in [5, 5.41) is 7.74. The minimum Gasteiger partial charge on any atom is -0.352 e. The van der Waals surface area contributed by atoms with E-state index < -0.39 is 0 Å². The van der Waals surface area contributed by atoms with Gasteiger partial charge in [0.15, 0.2) is 5.82 Å². The van der Waals surface area contributed by atoms with Crippen molar-refractivity contribution in [2.45, 2.75) is 13.8 Å².